The van der Waals surface area contributed by atoms with Crippen molar-refractivity contribution in [2.45, 2.75) is 34.6 Å². The fraction of sp³-hybridized carbons (Fsp3) is 0.500. The zero-order valence-electron chi connectivity index (χ0n) is 12.3. The molecular weight excluding hydrogens is 532 g/mol. The zero-order valence-corrected chi connectivity index (χ0v) is 15.6. The maximum atomic E-state index is 8.89. The van der Waals surface area contributed by atoms with Crippen molar-refractivity contribution in [1.29, 1.82) is 0 Å². The third-order valence-electron chi connectivity index (χ3n) is 0. The van der Waals surface area contributed by atoms with E-state index in [0.717, 1.165) is 34.6 Å². The molecule has 0 bridgehead atoms. The minimum atomic E-state index is -1.08. The van der Waals surface area contributed by atoms with Crippen LogP contribution >= 0.6 is 0 Å². The van der Waals surface area contributed by atoms with Crippen molar-refractivity contribution in [2.24, 2.45) is 0 Å². The van der Waals surface area contributed by atoms with E-state index in [1.165, 1.54) is 0 Å². The summed E-state index contributed by atoms with van der Waals surface area (Å²) < 4.78 is 0. The molecule has 0 atom stereocenters. The minimum absolute atomic E-state index is 0. The van der Waals surface area contributed by atoms with E-state index >= 15 is 0 Å². The molecule has 133 valence electrons. The van der Waals surface area contributed by atoms with Gasteiger partial charge in [-0.25, -0.2) is 0 Å². The molecule has 0 saturated heterocycles. The summed E-state index contributed by atoms with van der Waals surface area (Å²) in [7, 11) is 0. The van der Waals surface area contributed by atoms with Gasteiger partial charge in [0.05, 0.1) is 0 Å². The molecule has 0 aliphatic heterocycles. The number of carbonyl (C=O) groups excluding carboxylic acids is 5. The number of hydrogen-bond acceptors (Lipinski definition) is 10. The van der Waals surface area contributed by atoms with Gasteiger partial charge in [0.25, 0.3) is 0 Å². The average Bonchev–Trinajstić information content (AvgIpc) is 1.94. The molecule has 0 fully saturated rings. The van der Waals surface area contributed by atoms with Crippen LogP contribution in [-0.4, -0.2) is 29.8 Å². The molecule has 0 heterocycles. The second-order valence-electron chi connectivity index (χ2n) is 2.46. The third-order valence-corrected chi connectivity index (χ3v) is 0. The summed E-state index contributed by atoms with van der Waals surface area (Å²) in [5, 5.41) is 44.4. The Bertz CT molecular complexity index is 216. The Balaban J connectivity index is -0.0000000250. The molecule has 0 aromatic carbocycles. The Morgan fingerprint density at radius 1 is 0.455 bits per heavy atom. The number of carbonyl (C=O) groups is 5. The number of carboxylic acid groups (broad SMARTS) is 5. The Kier molecular flexibility index (Phi) is 71.3. The van der Waals surface area contributed by atoms with Crippen molar-refractivity contribution in [3.63, 3.8) is 0 Å². The molecule has 0 aromatic heterocycles. The van der Waals surface area contributed by atoms with E-state index in [1.54, 1.807) is 0 Å². The fourth-order valence-electron chi connectivity index (χ4n) is 0. The molecule has 22 heavy (non-hydrogen) atoms. The van der Waals surface area contributed by atoms with Crippen LogP contribution < -0.4 is 25.5 Å². The normalized spacial score (nSPS) is 5.68. The summed E-state index contributed by atoms with van der Waals surface area (Å²) in [6.07, 6.45) is 0. The Morgan fingerprint density at radius 3 is 0.455 bits per heavy atom. The zero-order chi connectivity index (χ0) is 17.9. The van der Waals surface area contributed by atoms with Gasteiger partial charge in [-0.05, 0) is 34.6 Å². The predicted octanol–water partition coefficient (Wildman–Crippen LogP) is -6.22. The first-order valence-electron chi connectivity index (χ1n) is 4.54. The molecule has 10 nitrogen and oxygen atoms in total. The SMILES string of the molecule is CC(=O)[O-].CC(=O)[O-].CC(=O)[O-].CC(=O)[O-].CC(=O)[O-].[Au+3].[Mn+2]. The van der Waals surface area contributed by atoms with E-state index in [-0.39, 0.29) is 39.4 Å². The van der Waals surface area contributed by atoms with Crippen LogP contribution in [0.5, 0.6) is 0 Å². The summed E-state index contributed by atoms with van der Waals surface area (Å²) in [4.78, 5) is 44.4. The second kappa shape index (κ2) is 36.7. The van der Waals surface area contributed by atoms with E-state index in [2.05, 4.69) is 0 Å². The van der Waals surface area contributed by atoms with Crippen LogP contribution in [0.1, 0.15) is 34.6 Å². The molecule has 0 saturated carbocycles. The largest absolute Gasteiger partial charge is 3.00 e. The number of hydrogen-bond donors (Lipinski definition) is 0. The molecular formula is C10H15AuMnO10. The molecule has 0 aromatic rings. The average molecular weight is 547 g/mol. The van der Waals surface area contributed by atoms with Gasteiger partial charge in [0.1, 0.15) is 0 Å². The molecule has 0 aliphatic rings. The third kappa shape index (κ3) is 2990. The van der Waals surface area contributed by atoms with Crippen LogP contribution in [0.3, 0.4) is 0 Å². The van der Waals surface area contributed by atoms with Crippen molar-refractivity contribution in [3.8, 4) is 0 Å². The van der Waals surface area contributed by atoms with E-state index in [9.17, 15) is 0 Å². The van der Waals surface area contributed by atoms with Crippen molar-refractivity contribution >= 4 is 29.8 Å². The van der Waals surface area contributed by atoms with E-state index in [1.807, 2.05) is 0 Å². The first-order valence-corrected chi connectivity index (χ1v) is 4.54. The topological polar surface area (TPSA) is 201 Å². The summed E-state index contributed by atoms with van der Waals surface area (Å²) in [5.74, 6) is -5.42. The van der Waals surface area contributed by atoms with Crippen LogP contribution in [0, 0.1) is 0 Å². The van der Waals surface area contributed by atoms with Crippen LogP contribution in [0.2, 0.25) is 0 Å². The number of rotatable bonds is 0. The van der Waals surface area contributed by atoms with E-state index < -0.39 is 29.8 Å². The summed E-state index contributed by atoms with van der Waals surface area (Å²) in [6.45, 7) is 4.86. The molecule has 0 N–H and O–H groups in total. The maximum absolute atomic E-state index is 8.89. The van der Waals surface area contributed by atoms with Gasteiger partial charge >= 0.3 is 39.4 Å². The van der Waals surface area contributed by atoms with Crippen molar-refractivity contribution < 1.29 is 89.0 Å². The Hall–Kier alpha value is -1.39. The van der Waals surface area contributed by atoms with Crippen molar-refractivity contribution in [1.82, 2.24) is 0 Å². The van der Waals surface area contributed by atoms with E-state index in [4.69, 9.17) is 49.5 Å². The summed E-state index contributed by atoms with van der Waals surface area (Å²) in [5.41, 5.74) is 0. The quantitative estimate of drug-likeness (QED) is 0.263. The molecule has 0 unspecified atom stereocenters. The van der Waals surface area contributed by atoms with Gasteiger partial charge in [-0.15, -0.1) is 0 Å². The summed E-state index contributed by atoms with van der Waals surface area (Å²) in [6, 6.07) is 0. The number of aliphatic carboxylic acids is 5. The number of carboxylic acids is 5. The molecule has 0 amide bonds. The Labute approximate surface area is 153 Å². The molecule has 12 heteroatoms. The smallest absolute Gasteiger partial charge is 0.550 e. The van der Waals surface area contributed by atoms with Gasteiger partial charge in [0, 0.05) is 29.8 Å². The monoisotopic (exact) mass is 547 g/mol. The molecule has 0 rings (SSSR count). The van der Waals surface area contributed by atoms with Crippen LogP contribution in [0.4, 0.5) is 0 Å². The van der Waals surface area contributed by atoms with Crippen LogP contribution in [0.25, 0.3) is 0 Å². The second-order valence-corrected chi connectivity index (χ2v) is 2.46. The molecule has 0 aliphatic carbocycles. The predicted molar refractivity (Wildman–Crippen MR) is 53.4 cm³/mol. The van der Waals surface area contributed by atoms with Crippen molar-refractivity contribution in [2.75, 3.05) is 0 Å². The molecule has 0 spiro atoms. The fourth-order valence-corrected chi connectivity index (χ4v) is 0. The van der Waals surface area contributed by atoms with Gasteiger partial charge in [0.15, 0.2) is 0 Å². The minimum Gasteiger partial charge on any atom is -0.550 e. The van der Waals surface area contributed by atoms with Gasteiger partial charge in [-0.3, -0.25) is 0 Å². The van der Waals surface area contributed by atoms with Gasteiger partial charge in [-0.2, -0.15) is 0 Å². The first-order chi connectivity index (χ1) is 8.66. The maximum Gasteiger partial charge on any atom is 3.00 e. The van der Waals surface area contributed by atoms with Crippen LogP contribution in [-0.2, 0) is 63.4 Å². The van der Waals surface area contributed by atoms with Gasteiger partial charge in [0.2, 0.25) is 0 Å². The molecule has 1 radical (unpaired) electrons. The van der Waals surface area contributed by atoms with E-state index in [0.29, 0.717) is 0 Å². The van der Waals surface area contributed by atoms with Gasteiger partial charge in [-0.1, -0.05) is 0 Å². The summed E-state index contributed by atoms with van der Waals surface area (Å²) >= 11 is 0. The van der Waals surface area contributed by atoms with Crippen molar-refractivity contribution in [3.05, 3.63) is 0 Å². The standard InChI is InChI=1S/5C2H4O2.Au.Mn/c5*1-2(3)4;;/h5*1H3,(H,3,4);;/q;;;;;+3;+2/p-5. The van der Waals surface area contributed by atoms with Crippen LogP contribution in [0.15, 0.2) is 0 Å². The van der Waals surface area contributed by atoms with Gasteiger partial charge < -0.3 is 49.5 Å². The first kappa shape index (κ1) is 42.8. The Morgan fingerprint density at radius 2 is 0.455 bits per heavy atom.